The van der Waals surface area contributed by atoms with Crippen LogP contribution in [-0.4, -0.2) is 47.3 Å². The van der Waals surface area contributed by atoms with E-state index in [2.05, 4.69) is 6.07 Å². The normalized spacial score (nSPS) is 19.1. The van der Waals surface area contributed by atoms with E-state index in [1.807, 2.05) is 49.4 Å². The molecule has 0 amide bonds. The number of hydrogen-bond acceptors (Lipinski definition) is 8. The van der Waals surface area contributed by atoms with Crippen LogP contribution in [-0.2, 0) is 22.7 Å². The van der Waals surface area contributed by atoms with Crippen LogP contribution in [0, 0.1) is 6.92 Å². The van der Waals surface area contributed by atoms with Gasteiger partial charge in [-0.05, 0) is 53.4 Å². The fourth-order valence-electron chi connectivity index (χ4n) is 4.31. The summed E-state index contributed by atoms with van der Waals surface area (Å²) in [7, 11) is 1.60. The van der Waals surface area contributed by atoms with Gasteiger partial charge in [-0.2, -0.15) is 0 Å². The minimum Gasteiger partial charge on any atom is -0.497 e. The van der Waals surface area contributed by atoms with Crippen LogP contribution >= 0.6 is 0 Å². The number of aryl methyl sites for hydroxylation is 1. The average molecular weight is 474 g/mol. The molecule has 0 saturated carbocycles. The molecule has 0 unspecified atom stereocenters. The fourth-order valence-corrected chi connectivity index (χ4v) is 4.31. The van der Waals surface area contributed by atoms with Gasteiger partial charge in [0, 0.05) is 0 Å². The van der Waals surface area contributed by atoms with Crippen molar-refractivity contribution in [3.63, 3.8) is 0 Å². The molecule has 180 valence electrons. The third-order valence-corrected chi connectivity index (χ3v) is 6.01. The lowest BCUT2D eigenvalue weighted by Crippen LogP contribution is -2.10. The van der Waals surface area contributed by atoms with Crippen LogP contribution in [0.15, 0.2) is 64.6 Å². The summed E-state index contributed by atoms with van der Waals surface area (Å²) in [6.07, 6.45) is 0. The van der Waals surface area contributed by atoms with Crippen LogP contribution in [0.25, 0.3) is 0 Å². The maximum absolute atomic E-state index is 9.55. The lowest BCUT2D eigenvalue weighted by atomic mass is 10.0. The van der Waals surface area contributed by atoms with Crippen molar-refractivity contribution in [1.82, 2.24) is 4.98 Å². The molecule has 3 heterocycles. The summed E-state index contributed by atoms with van der Waals surface area (Å²) < 4.78 is 17.1. The zero-order valence-corrected chi connectivity index (χ0v) is 19.6. The highest BCUT2D eigenvalue weighted by molar-refractivity contribution is 5.97. The number of benzene rings is 2. The van der Waals surface area contributed by atoms with E-state index < -0.39 is 0 Å². The molecule has 3 aromatic rings. The van der Waals surface area contributed by atoms with E-state index in [1.165, 1.54) is 0 Å². The Bertz CT molecular complexity index is 1280. The number of aliphatic imine (C=N–C) groups is 2. The van der Waals surface area contributed by atoms with Gasteiger partial charge in [-0.15, -0.1) is 0 Å². The first-order valence-corrected chi connectivity index (χ1v) is 11.5. The second kappa shape index (κ2) is 9.85. The zero-order chi connectivity index (χ0) is 24.4. The number of hydrogen-bond donors (Lipinski definition) is 2. The summed E-state index contributed by atoms with van der Waals surface area (Å²) in [5, 5.41) is 19.1. The molecule has 2 N–H and O–H groups in total. The molecule has 8 heteroatoms. The van der Waals surface area contributed by atoms with E-state index in [4.69, 9.17) is 29.2 Å². The molecule has 0 saturated heterocycles. The van der Waals surface area contributed by atoms with Gasteiger partial charge in [0.15, 0.2) is 0 Å². The predicted octanol–water partition coefficient (Wildman–Crippen LogP) is 3.42. The molecule has 0 bridgehead atoms. The van der Waals surface area contributed by atoms with Crippen molar-refractivity contribution < 1.29 is 24.4 Å². The van der Waals surface area contributed by atoms with E-state index in [0.29, 0.717) is 42.1 Å². The number of nitrogens with zero attached hydrogens (tertiary/aromatic N) is 3. The Morgan fingerprint density at radius 3 is 1.97 bits per heavy atom. The molecule has 0 fully saturated rings. The monoisotopic (exact) mass is 473 g/mol. The molecule has 35 heavy (non-hydrogen) atoms. The van der Waals surface area contributed by atoms with Gasteiger partial charge in [0.2, 0.25) is 11.8 Å². The van der Waals surface area contributed by atoms with Crippen molar-refractivity contribution >= 4 is 11.8 Å². The molecule has 8 nitrogen and oxygen atoms in total. The minimum atomic E-state index is -0.220. The van der Waals surface area contributed by atoms with Crippen molar-refractivity contribution in [2.24, 2.45) is 9.98 Å². The Hall–Kier alpha value is -3.75. The number of ether oxygens (including phenoxy) is 3. The topological polar surface area (TPSA) is 106 Å². The summed E-state index contributed by atoms with van der Waals surface area (Å²) >= 11 is 0. The van der Waals surface area contributed by atoms with Gasteiger partial charge in [-0.25, -0.2) is 15.0 Å². The molecule has 2 aliphatic heterocycles. The Morgan fingerprint density at radius 2 is 1.40 bits per heavy atom. The molecule has 0 radical (unpaired) electrons. The zero-order valence-electron chi connectivity index (χ0n) is 19.6. The van der Waals surface area contributed by atoms with Crippen molar-refractivity contribution in [3.8, 4) is 5.75 Å². The molecule has 2 aromatic carbocycles. The van der Waals surface area contributed by atoms with E-state index in [9.17, 15) is 10.2 Å². The maximum atomic E-state index is 9.55. The largest absolute Gasteiger partial charge is 0.497 e. The van der Waals surface area contributed by atoms with E-state index in [-0.39, 0.29) is 25.3 Å². The Balaban J connectivity index is 1.38. The van der Waals surface area contributed by atoms with Gasteiger partial charge in [0.1, 0.15) is 42.4 Å². The van der Waals surface area contributed by atoms with Crippen molar-refractivity contribution in [2.45, 2.75) is 32.2 Å². The lowest BCUT2D eigenvalue weighted by molar-refractivity contribution is 0.280. The molecular formula is C27H27N3O5. The van der Waals surface area contributed by atoms with Crippen LogP contribution in [0.3, 0.4) is 0 Å². The molecule has 1 aromatic heterocycles. The summed E-state index contributed by atoms with van der Waals surface area (Å²) in [4.78, 5) is 14.2. The highest BCUT2D eigenvalue weighted by Crippen LogP contribution is 2.30. The van der Waals surface area contributed by atoms with E-state index >= 15 is 0 Å². The molecule has 2 aliphatic rings. The second-order valence-corrected chi connectivity index (χ2v) is 8.61. The fraction of sp³-hybridized carbons (Fsp3) is 0.296. The van der Waals surface area contributed by atoms with Gasteiger partial charge in [-0.3, -0.25) is 0 Å². The van der Waals surface area contributed by atoms with Crippen LogP contribution in [0.1, 0.15) is 51.3 Å². The van der Waals surface area contributed by atoms with Gasteiger partial charge in [0.05, 0.1) is 20.3 Å². The highest BCUT2D eigenvalue weighted by Gasteiger charge is 2.26. The minimum absolute atomic E-state index is 0.0113. The van der Waals surface area contributed by atoms with Crippen molar-refractivity contribution in [2.75, 3.05) is 20.3 Å². The number of pyridine rings is 1. The third-order valence-electron chi connectivity index (χ3n) is 6.01. The quantitative estimate of drug-likeness (QED) is 0.545. The van der Waals surface area contributed by atoms with Gasteiger partial charge >= 0.3 is 0 Å². The standard InChI is InChI=1S/C27H27N3O5/c1-16-6-17(12-31)8-19(7-16)24-14-34-26(29-24)22-4-3-5-23(28-22)27-30-25(15-35-27)20-9-18(13-32)10-21(11-20)33-2/h3-11,24-25,31-32H,12-15H2,1-2H3/t24-,25-/m1/s1. The first-order valence-electron chi connectivity index (χ1n) is 11.5. The lowest BCUT2D eigenvalue weighted by Gasteiger charge is -2.10. The molecular weight excluding hydrogens is 446 g/mol. The number of methoxy groups -OCH3 is 1. The van der Waals surface area contributed by atoms with Crippen LogP contribution in [0.2, 0.25) is 0 Å². The van der Waals surface area contributed by atoms with Crippen molar-refractivity contribution in [3.05, 3.63) is 93.8 Å². The van der Waals surface area contributed by atoms with Gasteiger partial charge < -0.3 is 24.4 Å². The van der Waals surface area contributed by atoms with E-state index in [0.717, 1.165) is 27.8 Å². The number of aliphatic hydroxyl groups is 2. The van der Waals surface area contributed by atoms with Gasteiger partial charge in [0.25, 0.3) is 0 Å². The average Bonchev–Trinajstić information content (AvgIpc) is 3.59. The third kappa shape index (κ3) is 4.89. The Labute approximate surface area is 203 Å². The summed E-state index contributed by atoms with van der Waals surface area (Å²) in [6, 6.07) is 16.8. The van der Waals surface area contributed by atoms with Crippen LogP contribution < -0.4 is 4.74 Å². The number of aromatic nitrogens is 1. The summed E-state index contributed by atoms with van der Waals surface area (Å²) in [5.41, 5.74) is 5.81. The van der Waals surface area contributed by atoms with Crippen molar-refractivity contribution in [1.29, 1.82) is 0 Å². The van der Waals surface area contributed by atoms with E-state index in [1.54, 1.807) is 13.2 Å². The van der Waals surface area contributed by atoms with Gasteiger partial charge in [-0.1, -0.05) is 35.9 Å². The molecule has 2 atom stereocenters. The van der Waals surface area contributed by atoms with Crippen LogP contribution in [0.4, 0.5) is 0 Å². The molecule has 0 spiro atoms. The highest BCUT2D eigenvalue weighted by atomic mass is 16.5. The first kappa shape index (κ1) is 23.0. The summed E-state index contributed by atoms with van der Waals surface area (Å²) in [5.74, 6) is 1.59. The predicted molar refractivity (Wildman–Crippen MR) is 131 cm³/mol. The first-order chi connectivity index (χ1) is 17.1. The smallest absolute Gasteiger partial charge is 0.236 e. The SMILES string of the molecule is COc1cc(CO)cc([C@H]2COC(c3cccc(C4=N[C@@H](c5cc(C)cc(CO)c5)CO4)n3)=N2)c1. The number of rotatable bonds is 7. The Morgan fingerprint density at radius 1 is 0.829 bits per heavy atom. The molecule has 5 rings (SSSR count). The summed E-state index contributed by atoms with van der Waals surface area (Å²) in [6.45, 7) is 2.70. The molecule has 0 aliphatic carbocycles. The maximum Gasteiger partial charge on any atom is 0.236 e. The Kier molecular flexibility index (Phi) is 6.48. The second-order valence-electron chi connectivity index (χ2n) is 8.61. The van der Waals surface area contributed by atoms with Crippen LogP contribution in [0.5, 0.6) is 5.75 Å². The number of aliphatic hydroxyl groups excluding tert-OH is 2.